The maximum absolute atomic E-state index is 13.1. The van der Waals surface area contributed by atoms with Gasteiger partial charge in [-0.15, -0.1) is 0 Å². The van der Waals surface area contributed by atoms with Crippen LogP contribution in [0.3, 0.4) is 0 Å². The van der Waals surface area contributed by atoms with Gasteiger partial charge in [-0.3, -0.25) is 14.8 Å². The molecule has 0 aromatic heterocycles. The van der Waals surface area contributed by atoms with Crippen LogP contribution in [0.2, 0.25) is 0 Å². The number of nitrogens with one attached hydrogen (secondary N) is 1. The van der Waals surface area contributed by atoms with Crippen molar-refractivity contribution in [1.82, 2.24) is 5.48 Å². The van der Waals surface area contributed by atoms with Gasteiger partial charge in [0, 0.05) is 18.8 Å². The van der Waals surface area contributed by atoms with Crippen LogP contribution in [0.5, 0.6) is 0 Å². The number of hydroxylamine groups is 1. The molecule has 38 heavy (non-hydrogen) atoms. The third-order valence-electron chi connectivity index (χ3n) is 8.02. The Kier molecular flexibility index (Phi) is 13.0. The summed E-state index contributed by atoms with van der Waals surface area (Å²) in [5, 5.41) is 8.59. The predicted octanol–water partition coefficient (Wildman–Crippen LogP) is 6.35. The van der Waals surface area contributed by atoms with E-state index in [2.05, 4.69) is 45.1 Å². The summed E-state index contributed by atoms with van der Waals surface area (Å²) in [6, 6.07) is 0. The topological polar surface area (TPSA) is 94.1 Å². The molecule has 4 bridgehead atoms. The Morgan fingerprint density at radius 2 is 1.74 bits per heavy atom. The van der Waals surface area contributed by atoms with Gasteiger partial charge >= 0.3 is 5.97 Å². The second kappa shape index (κ2) is 16.2. The van der Waals surface area contributed by atoms with Gasteiger partial charge in [0.25, 0.3) is 0 Å². The fourth-order valence-corrected chi connectivity index (χ4v) is 5.84. The van der Waals surface area contributed by atoms with Crippen LogP contribution in [0.25, 0.3) is 0 Å². The van der Waals surface area contributed by atoms with Crippen molar-refractivity contribution < 1.29 is 29.0 Å². The van der Waals surface area contributed by atoms with Crippen molar-refractivity contribution in [1.29, 1.82) is 0 Å². The predicted molar refractivity (Wildman–Crippen MR) is 148 cm³/mol. The largest absolute Gasteiger partial charge is 0.457 e. The standard InChI is InChI=1S/C31H49NO6/c1-4-24-18-27-20-26-12-10-11-25(36-26)17-22(2)15-16-23(3)29(38-31(34)21-28(19-24)37-27)13-8-6-5-7-9-14-30(33)32-35/h4,8,13,15-16,22-23,25-29,35H,5-7,9-12,14,17-21H2,1-3H3,(H,32,33). The van der Waals surface area contributed by atoms with E-state index in [0.29, 0.717) is 12.3 Å². The molecule has 2 N–H and O–H groups in total. The Morgan fingerprint density at radius 1 is 1.00 bits per heavy atom. The van der Waals surface area contributed by atoms with Crippen LogP contribution in [0.15, 0.2) is 36.0 Å². The molecule has 3 aliphatic heterocycles. The Balaban J connectivity index is 1.67. The highest BCUT2D eigenvalue weighted by atomic mass is 16.5. The first-order chi connectivity index (χ1) is 18.4. The Bertz CT molecular complexity index is 836. The van der Waals surface area contributed by atoms with Gasteiger partial charge in [0.2, 0.25) is 5.91 Å². The van der Waals surface area contributed by atoms with Crippen LogP contribution in [-0.2, 0) is 23.8 Å². The number of fused-ring (bicyclic) bond motifs is 4. The average Bonchev–Trinajstić information content (AvgIpc) is 2.89. The van der Waals surface area contributed by atoms with Crippen LogP contribution in [0, 0.1) is 11.8 Å². The number of allylic oxidation sites excluding steroid dienone is 3. The third-order valence-corrected chi connectivity index (χ3v) is 8.02. The molecule has 0 aromatic rings. The summed E-state index contributed by atoms with van der Waals surface area (Å²) >= 11 is 0. The van der Waals surface area contributed by atoms with Crippen LogP contribution in [0.4, 0.5) is 0 Å². The molecule has 7 unspecified atom stereocenters. The minimum Gasteiger partial charge on any atom is -0.457 e. The minimum absolute atomic E-state index is 0.0462. The molecule has 7 nitrogen and oxygen atoms in total. The van der Waals surface area contributed by atoms with E-state index >= 15 is 0 Å². The van der Waals surface area contributed by atoms with E-state index < -0.39 is 0 Å². The number of hydrogen-bond donors (Lipinski definition) is 2. The molecule has 7 atom stereocenters. The van der Waals surface area contributed by atoms with Crippen molar-refractivity contribution in [3.05, 3.63) is 36.0 Å². The lowest BCUT2D eigenvalue weighted by molar-refractivity contribution is -0.154. The summed E-state index contributed by atoms with van der Waals surface area (Å²) in [6.07, 6.45) is 21.8. The van der Waals surface area contributed by atoms with Crippen molar-refractivity contribution in [2.45, 2.75) is 135 Å². The number of carbonyl (C=O) groups is 2. The van der Waals surface area contributed by atoms with Crippen LogP contribution in [0.1, 0.15) is 104 Å². The van der Waals surface area contributed by atoms with Crippen LogP contribution >= 0.6 is 0 Å². The van der Waals surface area contributed by atoms with Gasteiger partial charge in [0.15, 0.2) is 0 Å². The first-order valence-corrected chi connectivity index (χ1v) is 14.8. The Hall–Kier alpha value is -1.96. The molecule has 0 spiro atoms. The minimum atomic E-state index is -0.349. The van der Waals surface area contributed by atoms with Gasteiger partial charge < -0.3 is 14.2 Å². The van der Waals surface area contributed by atoms with Crippen molar-refractivity contribution in [3.8, 4) is 0 Å². The van der Waals surface area contributed by atoms with Gasteiger partial charge in [-0.25, -0.2) is 5.48 Å². The van der Waals surface area contributed by atoms with E-state index in [0.717, 1.165) is 64.2 Å². The first-order valence-electron chi connectivity index (χ1n) is 14.8. The van der Waals surface area contributed by atoms with Gasteiger partial charge in [-0.2, -0.15) is 0 Å². The smallest absolute Gasteiger partial charge is 0.309 e. The molecule has 2 saturated heterocycles. The fourth-order valence-electron chi connectivity index (χ4n) is 5.84. The molecule has 3 rings (SSSR count). The molecule has 3 aliphatic rings. The first kappa shape index (κ1) is 30.6. The number of cyclic esters (lactones) is 1. The molecule has 7 heteroatoms. The van der Waals surface area contributed by atoms with Crippen molar-refractivity contribution in [3.63, 3.8) is 0 Å². The summed E-state index contributed by atoms with van der Waals surface area (Å²) in [5.74, 6) is -0.136. The zero-order valence-corrected chi connectivity index (χ0v) is 23.6. The fraction of sp³-hybridized carbons (Fsp3) is 0.742. The zero-order chi connectivity index (χ0) is 27.3. The molecule has 3 heterocycles. The number of esters is 1. The lowest BCUT2D eigenvalue weighted by Crippen LogP contribution is -2.37. The van der Waals surface area contributed by atoms with Crippen LogP contribution < -0.4 is 5.48 Å². The molecule has 0 aliphatic carbocycles. The molecule has 0 radical (unpaired) electrons. The van der Waals surface area contributed by atoms with E-state index in [1.54, 1.807) is 5.48 Å². The Labute approximate surface area is 229 Å². The second-order valence-corrected chi connectivity index (χ2v) is 11.5. The number of ether oxygens (including phenoxy) is 3. The zero-order valence-electron chi connectivity index (χ0n) is 23.6. The van der Waals surface area contributed by atoms with E-state index in [1.807, 2.05) is 6.08 Å². The van der Waals surface area contributed by atoms with Crippen LogP contribution in [-0.4, -0.2) is 47.6 Å². The van der Waals surface area contributed by atoms with Gasteiger partial charge in [-0.05, 0) is 76.7 Å². The highest BCUT2D eigenvalue weighted by Gasteiger charge is 2.32. The van der Waals surface area contributed by atoms with E-state index in [9.17, 15) is 9.59 Å². The average molecular weight is 532 g/mol. The molecular formula is C31H49NO6. The highest BCUT2D eigenvalue weighted by Crippen LogP contribution is 2.33. The normalized spacial score (nSPS) is 34.3. The quantitative estimate of drug-likeness (QED) is 0.131. The number of unbranched alkanes of at least 4 members (excludes halogenated alkanes) is 3. The monoisotopic (exact) mass is 531 g/mol. The molecule has 214 valence electrons. The summed E-state index contributed by atoms with van der Waals surface area (Å²) < 4.78 is 19.0. The van der Waals surface area contributed by atoms with E-state index in [-0.39, 0.29) is 54.7 Å². The lowest BCUT2D eigenvalue weighted by Gasteiger charge is -2.37. The number of amides is 1. The number of carbonyl (C=O) groups excluding carboxylic acids is 2. The maximum Gasteiger partial charge on any atom is 0.309 e. The number of hydrogen-bond acceptors (Lipinski definition) is 6. The summed E-state index contributed by atoms with van der Waals surface area (Å²) in [4.78, 5) is 24.2. The second-order valence-electron chi connectivity index (χ2n) is 11.5. The van der Waals surface area contributed by atoms with Gasteiger partial charge in [0.1, 0.15) is 6.10 Å². The Morgan fingerprint density at radius 3 is 2.50 bits per heavy atom. The molecule has 0 aromatic carbocycles. The van der Waals surface area contributed by atoms with Gasteiger partial charge in [-0.1, -0.05) is 50.1 Å². The van der Waals surface area contributed by atoms with Gasteiger partial charge in [0.05, 0.1) is 30.8 Å². The molecule has 0 saturated carbocycles. The van der Waals surface area contributed by atoms with E-state index in [4.69, 9.17) is 19.4 Å². The van der Waals surface area contributed by atoms with Crippen molar-refractivity contribution in [2.75, 3.05) is 0 Å². The number of rotatable bonds is 7. The lowest BCUT2D eigenvalue weighted by atomic mass is 9.90. The summed E-state index contributed by atoms with van der Waals surface area (Å²) in [7, 11) is 0. The third kappa shape index (κ3) is 10.7. The highest BCUT2D eigenvalue weighted by molar-refractivity contribution is 5.74. The molecular weight excluding hydrogens is 482 g/mol. The summed E-state index contributed by atoms with van der Waals surface area (Å²) in [6.45, 7) is 6.41. The summed E-state index contributed by atoms with van der Waals surface area (Å²) in [5.41, 5.74) is 3.02. The van der Waals surface area contributed by atoms with Crippen molar-refractivity contribution in [2.24, 2.45) is 11.8 Å². The molecule has 1 amide bonds. The van der Waals surface area contributed by atoms with E-state index in [1.165, 1.54) is 12.0 Å². The molecule has 2 fully saturated rings. The van der Waals surface area contributed by atoms with Crippen molar-refractivity contribution >= 4 is 11.9 Å². The SMILES string of the molecule is CC=C1CC2CC(=O)OC(C=CCCCCCC(=O)NO)C(C)C=CC(C)CC3CCCC(CC(C1)O2)O3. The maximum atomic E-state index is 13.1.